The minimum atomic E-state index is -3.63. The molecule has 0 aromatic carbocycles. The van der Waals surface area contributed by atoms with Gasteiger partial charge >= 0.3 is 0 Å². The molecule has 0 radical (unpaired) electrons. The van der Waals surface area contributed by atoms with Crippen LogP contribution in [0.1, 0.15) is 17.7 Å². The third-order valence-electron chi connectivity index (χ3n) is 3.03. The van der Waals surface area contributed by atoms with Crippen molar-refractivity contribution in [2.24, 2.45) is 5.92 Å². The van der Waals surface area contributed by atoms with Gasteiger partial charge in [-0.25, -0.2) is 13.1 Å². The van der Waals surface area contributed by atoms with Gasteiger partial charge in [-0.2, -0.15) is 16.9 Å². The molecule has 0 saturated carbocycles. The molecular weight excluding hydrogens is 274 g/mol. The van der Waals surface area contributed by atoms with Crippen LogP contribution in [0.25, 0.3) is 0 Å². The van der Waals surface area contributed by atoms with Crippen LogP contribution in [-0.4, -0.2) is 41.8 Å². The average molecular weight is 291 g/mol. The average Bonchev–Trinajstić information content (AvgIpc) is 2.95. The van der Waals surface area contributed by atoms with E-state index in [0.29, 0.717) is 23.7 Å². The number of aryl methyl sites for hydroxylation is 1. The Morgan fingerprint density at radius 1 is 1.61 bits per heavy atom. The molecular formula is C10H17N3O3S2. The van der Waals surface area contributed by atoms with Crippen molar-refractivity contribution in [2.75, 3.05) is 18.1 Å². The van der Waals surface area contributed by atoms with Gasteiger partial charge in [0, 0.05) is 17.8 Å². The number of aliphatic hydroxyl groups is 1. The first-order valence-electron chi connectivity index (χ1n) is 5.76. The lowest BCUT2D eigenvalue weighted by molar-refractivity contribution is 0.277. The zero-order valence-electron chi connectivity index (χ0n) is 10.1. The minimum Gasteiger partial charge on any atom is -0.392 e. The molecule has 1 aliphatic rings. The number of rotatable bonds is 5. The Morgan fingerprint density at radius 2 is 2.39 bits per heavy atom. The molecule has 18 heavy (non-hydrogen) atoms. The van der Waals surface area contributed by atoms with Gasteiger partial charge in [-0.15, -0.1) is 0 Å². The molecule has 0 bridgehead atoms. The van der Waals surface area contributed by atoms with Crippen molar-refractivity contribution in [2.45, 2.75) is 25.0 Å². The maximum Gasteiger partial charge on any atom is 0.260 e. The van der Waals surface area contributed by atoms with Crippen LogP contribution in [0.4, 0.5) is 0 Å². The highest BCUT2D eigenvalue weighted by Crippen LogP contribution is 2.23. The summed E-state index contributed by atoms with van der Waals surface area (Å²) in [7, 11) is -3.63. The number of nitrogens with zero attached hydrogens (tertiary/aromatic N) is 1. The summed E-state index contributed by atoms with van der Waals surface area (Å²) in [4.78, 5) is 0. The summed E-state index contributed by atoms with van der Waals surface area (Å²) in [5, 5.41) is 15.4. The van der Waals surface area contributed by atoms with Crippen LogP contribution in [0.2, 0.25) is 0 Å². The molecule has 1 atom stereocenters. The lowest BCUT2D eigenvalue weighted by Gasteiger charge is -2.10. The van der Waals surface area contributed by atoms with Crippen molar-refractivity contribution < 1.29 is 13.5 Å². The number of thioether (sulfide) groups is 1. The van der Waals surface area contributed by atoms with Crippen LogP contribution in [-0.2, 0) is 16.6 Å². The number of hydrogen-bond donors (Lipinski definition) is 3. The van der Waals surface area contributed by atoms with E-state index < -0.39 is 10.0 Å². The Labute approximate surface area is 111 Å². The number of hydrogen-bond acceptors (Lipinski definition) is 5. The summed E-state index contributed by atoms with van der Waals surface area (Å²) in [6.07, 6.45) is 1.04. The highest BCUT2D eigenvalue weighted by atomic mass is 32.2. The van der Waals surface area contributed by atoms with Crippen molar-refractivity contribution >= 4 is 21.8 Å². The normalized spacial score (nSPS) is 20.4. The van der Waals surface area contributed by atoms with E-state index in [4.69, 9.17) is 0 Å². The van der Waals surface area contributed by atoms with E-state index in [1.165, 1.54) is 0 Å². The van der Waals surface area contributed by atoms with Gasteiger partial charge in [-0.3, -0.25) is 5.10 Å². The first-order chi connectivity index (χ1) is 8.54. The molecule has 1 aromatic heterocycles. The van der Waals surface area contributed by atoms with Crippen LogP contribution >= 0.6 is 11.8 Å². The van der Waals surface area contributed by atoms with E-state index in [1.807, 2.05) is 11.8 Å². The topological polar surface area (TPSA) is 95.1 Å². The first-order valence-corrected chi connectivity index (χ1v) is 8.40. The summed E-state index contributed by atoms with van der Waals surface area (Å²) in [6, 6.07) is 0. The number of nitrogens with one attached hydrogen (secondary N) is 2. The molecule has 1 aliphatic heterocycles. The third-order valence-corrected chi connectivity index (χ3v) is 5.66. The molecule has 8 heteroatoms. The van der Waals surface area contributed by atoms with Crippen LogP contribution in [0.15, 0.2) is 5.03 Å². The van der Waals surface area contributed by atoms with Gasteiger partial charge in [0.1, 0.15) is 0 Å². The number of sulfonamides is 1. The molecule has 2 heterocycles. The lowest BCUT2D eigenvalue weighted by Crippen LogP contribution is -2.30. The van der Waals surface area contributed by atoms with Gasteiger partial charge in [0.25, 0.3) is 10.0 Å². The summed E-state index contributed by atoms with van der Waals surface area (Å²) >= 11 is 1.84. The molecule has 0 spiro atoms. The van der Waals surface area contributed by atoms with Crippen molar-refractivity contribution in [1.82, 2.24) is 14.9 Å². The molecule has 0 amide bonds. The number of aromatic amines is 1. The van der Waals surface area contributed by atoms with E-state index in [1.54, 1.807) is 6.92 Å². The summed E-state index contributed by atoms with van der Waals surface area (Å²) in [6.45, 7) is 1.79. The van der Waals surface area contributed by atoms with Gasteiger partial charge in [0.2, 0.25) is 0 Å². The van der Waals surface area contributed by atoms with Gasteiger partial charge in [0.05, 0.1) is 6.61 Å². The first kappa shape index (κ1) is 13.9. The number of aromatic nitrogens is 2. The van der Waals surface area contributed by atoms with E-state index in [-0.39, 0.29) is 11.6 Å². The Balaban J connectivity index is 2.09. The standard InChI is InChI=1S/C10H17N3O3S2/c1-7-9(5-14)10(13-12-7)18(15,16)11-4-8-2-3-17-6-8/h8,11,14H,2-6H2,1H3,(H,12,13). The maximum atomic E-state index is 12.1. The quantitative estimate of drug-likeness (QED) is 0.722. The van der Waals surface area contributed by atoms with Crippen molar-refractivity contribution in [3.8, 4) is 0 Å². The van der Waals surface area contributed by atoms with Gasteiger partial charge in [-0.1, -0.05) is 0 Å². The summed E-state index contributed by atoms with van der Waals surface area (Å²) in [5.74, 6) is 2.48. The van der Waals surface area contributed by atoms with Crippen molar-refractivity contribution in [3.63, 3.8) is 0 Å². The van der Waals surface area contributed by atoms with E-state index in [9.17, 15) is 13.5 Å². The van der Waals surface area contributed by atoms with Crippen LogP contribution < -0.4 is 4.72 Å². The predicted octanol–water partition coefficient (Wildman–Crippen LogP) is 0.242. The highest BCUT2D eigenvalue weighted by Gasteiger charge is 2.25. The Hall–Kier alpha value is -0.570. The molecule has 0 aliphatic carbocycles. The lowest BCUT2D eigenvalue weighted by atomic mass is 10.1. The van der Waals surface area contributed by atoms with E-state index in [2.05, 4.69) is 14.9 Å². The molecule has 1 fully saturated rings. The smallest absolute Gasteiger partial charge is 0.260 e. The van der Waals surface area contributed by atoms with Gasteiger partial charge in [0.15, 0.2) is 5.03 Å². The second kappa shape index (κ2) is 5.60. The van der Waals surface area contributed by atoms with E-state index >= 15 is 0 Å². The fourth-order valence-corrected chi connectivity index (χ4v) is 4.46. The highest BCUT2D eigenvalue weighted by molar-refractivity contribution is 7.99. The van der Waals surface area contributed by atoms with Gasteiger partial charge in [-0.05, 0) is 30.8 Å². The van der Waals surface area contributed by atoms with Crippen molar-refractivity contribution in [1.29, 1.82) is 0 Å². The molecule has 3 N–H and O–H groups in total. The van der Waals surface area contributed by atoms with E-state index in [0.717, 1.165) is 17.9 Å². The second-order valence-electron chi connectivity index (χ2n) is 4.37. The second-order valence-corrected chi connectivity index (χ2v) is 7.20. The van der Waals surface area contributed by atoms with Crippen LogP contribution in [0, 0.1) is 12.8 Å². The molecule has 102 valence electrons. The maximum absolute atomic E-state index is 12.1. The molecule has 1 saturated heterocycles. The fourth-order valence-electron chi connectivity index (χ4n) is 1.88. The Kier molecular flexibility index (Phi) is 4.31. The molecule has 2 rings (SSSR count). The third kappa shape index (κ3) is 2.87. The monoisotopic (exact) mass is 291 g/mol. The summed E-state index contributed by atoms with van der Waals surface area (Å²) in [5.41, 5.74) is 0.914. The Bertz CT molecular complexity index is 506. The molecule has 1 unspecified atom stereocenters. The van der Waals surface area contributed by atoms with Gasteiger partial charge < -0.3 is 5.11 Å². The largest absolute Gasteiger partial charge is 0.392 e. The minimum absolute atomic E-state index is 0.0897. The zero-order chi connectivity index (χ0) is 13.2. The SMILES string of the molecule is Cc1[nH]nc(S(=O)(=O)NCC2CCSC2)c1CO. The Morgan fingerprint density at radius 3 is 3.00 bits per heavy atom. The van der Waals surface area contributed by atoms with Crippen molar-refractivity contribution in [3.05, 3.63) is 11.3 Å². The fraction of sp³-hybridized carbons (Fsp3) is 0.700. The number of H-pyrrole nitrogens is 1. The summed E-state index contributed by atoms with van der Waals surface area (Å²) < 4.78 is 26.7. The van der Waals surface area contributed by atoms with Crippen LogP contribution in [0.3, 0.4) is 0 Å². The predicted molar refractivity (Wildman–Crippen MR) is 69.9 cm³/mol. The molecule has 6 nitrogen and oxygen atoms in total. The van der Waals surface area contributed by atoms with Crippen LogP contribution in [0.5, 0.6) is 0 Å². The zero-order valence-corrected chi connectivity index (χ0v) is 11.8. The number of aliphatic hydroxyl groups excluding tert-OH is 1. The molecule has 1 aromatic rings.